The molecule has 0 bridgehead atoms. The highest BCUT2D eigenvalue weighted by Crippen LogP contribution is 2.38. The summed E-state index contributed by atoms with van der Waals surface area (Å²) in [7, 11) is -3.58. The molecule has 0 saturated heterocycles. The molecule has 2 atom stereocenters. The van der Waals surface area contributed by atoms with Crippen molar-refractivity contribution in [2.75, 3.05) is 17.1 Å². The van der Waals surface area contributed by atoms with E-state index in [4.69, 9.17) is 4.74 Å². The summed E-state index contributed by atoms with van der Waals surface area (Å²) < 4.78 is 32.2. The van der Waals surface area contributed by atoms with E-state index in [9.17, 15) is 13.2 Å². The van der Waals surface area contributed by atoms with Gasteiger partial charge in [0.25, 0.3) is 5.91 Å². The molecule has 30 heavy (non-hydrogen) atoms. The van der Waals surface area contributed by atoms with E-state index in [0.29, 0.717) is 11.4 Å². The molecule has 0 spiro atoms. The normalized spacial score (nSPS) is 17.7. The fourth-order valence-electron chi connectivity index (χ4n) is 3.41. The van der Waals surface area contributed by atoms with Crippen LogP contribution in [0.3, 0.4) is 0 Å². The van der Waals surface area contributed by atoms with E-state index in [1.165, 1.54) is 4.31 Å². The van der Waals surface area contributed by atoms with Crippen molar-refractivity contribution in [2.45, 2.75) is 52.2 Å². The van der Waals surface area contributed by atoms with Crippen molar-refractivity contribution in [3.63, 3.8) is 0 Å². The Morgan fingerprint density at radius 2 is 1.80 bits per heavy atom. The largest absolute Gasteiger partial charge is 0.476 e. The van der Waals surface area contributed by atoms with E-state index in [-0.39, 0.29) is 23.9 Å². The Hall–Kier alpha value is -2.54. The third kappa shape index (κ3) is 4.78. The standard InChI is InChI=1S/C23H30N2O4S/c1-15-7-9-17(10-8-15)16(2)24-22(26)21-14-25(30(6,27)28)19-13-18(23(3,4)5)11-12-20(19)29-21/h7-13,16,21H,14H2,1-6H3,(H,24,26)/t16-,21-/m0/s1. The number of aryl methyl sites for hydroxylation is 1. The number of anilines is 1. The molecule has 1 aliphatic rings. The molecule has 6 nitrogen and oxygen atoms in total. The lowest BCUT2D eigenvalue weighted by molar-refractivity contribution is -0.128. The van der Waals surface area contributed by atoms with Gasteiger partial charge in [-0.25, -0.2) is 8.42 Å². The zero-order valence-corrected chi connectivity index (χ0v) is 19.2. The van der Waals surface area contributed by atoms with Crippen LogP contribution in [0.4, 0.5) is 5.69 Å². The number of hydrogen-bond donors (Lipinski definition) is 1. The molecule has 2 aromatic rings. The number of amides is 1. The third-order valence-corrected chi connectivity index (χ3v) is 6.47. The minimum atomic E-state index is -3.58. The van der Waals surface area contributed by atoms with E-state index in [2.05, 4.69) is 26.1 Å². The molecule has 1 N–H and O–H groups in total. The van der Waals surface area contributed by atoms with Crippen LogP contribution < -0.4 is 14.4 Å². The Morgan fingerprint density at radius 3 is 2.37 bits per heavy atom. The molecule has 1 aliphatic heterocycles. The van der Waals surface area contributed by atoms with E-state index < -0.39 is 16.1 Å². The monoisotopic (exact) mass is 430 g/mol. The molecule has 0 radical (unpaired) electrons. The Bertz CT molecular complexity index is 1040. The fourth-order valence-corrected chi connectivity index (χ4v) is 4.32. The van der Waals surface area contributed by atoms with Gasteiger partial charge in [-0.05, 0) is 42.5 Å². The molecule has 1 heterocycles. The summed E-state index contributed by atoms with van der Waals surface area (Å²) in [5.41, 5.74) is 3.44. The molecule has 0 aromatic heterocycles. The molecule has 0 aliphatic carbocycles. The van der Waals surface area contributed by atoms with Crippen LogP contribution in [0.15, 0.2) is 42.5 Å². The van der Waals surface area contributed by atoms with Gasteiger partial charge in [-0.15, -0.1) is 0 Å². The number of carbonyl (C=O) groups is 1. The van der Waals surface area contributed by atoms with Crippen LogP contribution in [0, 0.1) is 6.92 Å². The smallest absolute Gasteiger partial charge is 0.263 e. The van der Waals surface area contributed by atoms with Gasteiger partial charge in [0, 0.05) is 0 Å². The third-order valence-electron chi connectivity index (χ3n) is 5.32. The van der Waals surface area contributed by atoms with Gasteiger partial charge >= 0.3 is 0 Å². The van der Waals surface area contributed by atoms with Crippen LogP contribution in [0.25, 0.3) is 0 Å². The molecular formula is C23H30N2O4S. The first-order chi connectivity index (χ1) is 13.9. The lowest BCUT2D eigenvalue weighted by atomic mass is 9.86. The highest BCUT2D eigenvalue weighted by molar-refractivity contribution is 7.92. The predicted octanol–water partition coefficient (Wildman–Crippen LogP) is 3.70. The van der Waals surface area contributed by atoms with Crippen molar-refractivity contribution < 1.29 is 17.9 Å². The summed E-state index contributed by atoms with van der Waals surface area (Å²) >= 11 is 0. The van der Waals surface area contributed by atoms with Gasteiger partial charge in [-0.1, -0.05) is 56.7 Å². The fraction of sp³-hybridized carbons (Fsp3) is 0.435. The number of hydrogen-bond acceptors (Lipinski definition) is 4. The van der Waals surface area contributed by atoms with Crippen molar-refractivity contribution in [1.29, 1.82) is 0 Å². The van der Waals surface area contributed by atoms with Crippen molar-refractivity contribution >= 4 is 21.6 Å². The lowest BCUT2D eigenvalue weighted by Crippen LogP contribution is -2.50. The van der Waals surface area contributed by atoms with Gasteiger partial charge in [-0.2, -0.15) is 0 Å². The highest BCUT2D eigenvalue weighted by atomic mass is 32.2. The first kappa shape index (κ1) is 22.2. The van der Waals surface area contributed by atoms with Crippen molar-refractivity contribution in [2.24, 2.45) is 0 Å². The maximum absolute atomic E-state index is 12.9. The van der Waals surface area contributed by atoms with Crippen molar-refractivity contribution in [3.8, 4) is 5.75 Å². The van der Waals surface area contributed by atoms with Gasteiger partial charge in [0.05, 0.1) is 24.5 Å². The van der Waals surface area contributed by atoms with Crippen LogP contribution >= 0.6 is 0 Å². The summed E-state index contributed by atoms with van der Waals surface area (Å²) in [5.74, 6) is 0.0464. The SMILES string of the molecule is Cc1ccc([C@H](C)NC(=O)[C@@H]2CN(S(C)(=O)=O)c3cc(C(C)(C)C)ccc3O2)cc1. The molecule has 3 rings (SSSR count). The number of ether oxygens (including phenoxy) is 1. The Labute approximate surface area is 179 Å². The maximum Gasteiger partial charge on any atom is 0.263 e. The number of carbonyl (C=O) groups excluding carboxylic acids is 1. The summed E-state index contributed by atoms with van der Waals surface area (Å²) in [4.78, 5) is 12.9. The Balaban J connectivity index is 1.86. The molecule has 0 saturated carbocycles. The molecule has 7 heteroatoms. The minimum absolute atomic E-state index is 0.0636. The van der Waals surface area contributed by atoms with E-state index in [1.54, 1.807) is 6.07 Å². The van der Waals surface area contributed by atoms with Crippen LogP contribution in [0.1, 0.15) is 50.4 Å². The van der Waals surface area contributed by atoms with E-state index in [1.807, 2.05) is 50.2 Å². The minimum Gasteiger partial charge on any atom is -0.476 e. The Kier molecular flexibility index (Phi) is 5.87. The first-order valence-corrected chi connectivity index (χ1v) is 11.9. The maximum atomic E-state index is 12.9. The molecule has 1 amide bonds. The molecule has 162 valence electrons. The number of nitrogens with zero attached hydrogens (tertiary/aromatic N) is 1. The first-order valence-electron chi connectivity index (χ1n) is 10.0. The van der Waals surface area contributed by atoms with Gasteiger partial charge in [-0.3, -0.25) is 9.10 Å². The zero-order valence-electron chi connectivity index (χ0n) is 18.4. The molecule has 0 fully saturated rings. The summed E-state index contributed by atoms with van der Waals surface area (Å²) in [6.45, 7) is 10.0. The topological polar surface area (TPSA) is 75.7 Å². The summed E-state index contributed by atoms with van der Waals surface area (Å²) in [6.07, 6.45) is 0.219. The highest BCUT2D eigenvalue weighted by Gasteiger charge is 2.36. The van der Waals surface area contributed by atoms with Crippen LogP contribution in [0.2, 0.25) is 0 Å². The van der Waals surface area contributed by atoms with Gasteiger partial charge in [0.2, 0.25) is 10.0 Å². The van der Waals surface area contributed by atoms with E-state index >= 15 is 0 Å². The number of benzene rings is 2. The zero-order chi connectivity index (χ0) is 22.3. The predicted molar refractivity (Wildman–Crippen MR) is 119 cm³/mol. The van der Waals surface area contributed by atoms with Gasteiger partial charge in [0.15, 0.2) is 6.10 Å². The van der Waals surface area contributed by atoms with Crippen LogP contribution in [-0.2, 0) is 20.2 Å². The van der Waals surface area contributed by atoms with E-state index in [0.717, 1.165) is 22.9 Å². The van der Waals surface area contributed by atoms with Crippen LogP contribution in [-0.4, -0.2) is 33.2 Å². The summed E-state index contributed by atoms with van der Waals surface area (Å²) in [5, 5.41) is 2.94. The second-order valence-electron chi connectivity index (χ2n) is 8.97. The average molecular weight is 431 g/mol. The Morgan fingerprint density at radius 1 is 1.17 bits per heavy atom. The summed E-state index contributed by atoms with van der Waals surface area (Å²) in [6, 6.07) is 13.2. The quantitative estimate of drug-likeness (QED) is 0.803. The van der Waals surface area contributed by atoms with Crippen molar-refractivity contribution in [1.82, 2.24) is 5.32 Å². The van der Waals surface area contributed by atoms with Gasteiger partial charge < -0.3 is 10.1 Å². The average Bonchev–Trinajstić information content (AvgIpc) is 2.65. The van der Waals surface area contributed by atoms with Crippen molar-refractivity contribution in [3.05, 3.63) is 59.2 Å². The lowest BCUT2D eigenvalue weighted by Gasteiger charge is -2.35. The number of sulfonamides is 1. The molecule has 0 unspecified atom stereocenters. The second-order valence-corrected chi connectivity index (χ2v) is 10.9. The van der Waals surface area contributed by atoms with Crippen LogP contribution in [0.5, 0.6) is 5.75 Å². The number of nitrogens with one attached hydrogen (secondary N) is 1. The number of rotatable bonds is 4. The molecular weight excluding hydrogens is 400 g/mol. The number of fused-ring (bicyclic) bond motifs is 1. The molecule has 2 aromatic carbocycles. The second kappa shape index (κ2) is 7.95. The van der Waals surface area contributed by atoms with Gasteiger partial charge in [0.1, 0.15) is 5.75 Å².